The first-order chi connectivity index (χ1) is 11.4. The molecular weight excluding hydrogens is 315 g/mol. The molecule has 0 radical (unpaired) electrons. The Balaban J connectivity index is 1.91. The van der Waals surface area contributed by atoms with Gasteiger partial charge in [-0.2, -0.15) is 0 Å². The van der Waals surface area contributed by atoms with E-state index in [4.69, 9.17) is 15.0 Å². The van der Waals surface area contributed by atoms with Crippen LogP contribution < -0.4 is 11.1 Å². The summed E-state index contributed by atoms with van der Waals surface area (Å²) in [5.41, 5.74) is 6.33. The maximum atomic E-state index is 14.3. The van der Waals surface area contributed by atoms with E-state index in [1.165, 1.54) is 18.4 Å². The molecule has 1 unspecified atom stereocenters. The molecule has 1 aliphatic rings. The Morgan fingerprint density at radius 1 is 1.46 bits per heavy atom. The number of aliphatic imine (C=N–C) groups is 1. The van der Waals surface area contributed by atoms with E-state index < -0.39 is 17.3 Å². The first kappa shape index (κ1) is 16.0. The third-order valence-electron chi connectivity index (χ3n) is 3.96. The Morgan fingerprint density at radius 2 is 2.25 bits per heavy atom. The molecule has 1 amide bonds. The first-order valence-corrected chi connectivity index (χ1v) is 7.39. The summed E-state index contributed by atoms with van der Waals surface area (Å²) in [4.78, 5) is 16.4. The van der Waals surface area contributed by atoms with Crippen molar-refractivity contribution in [3.05, 3.63) is 47.1 Å². The number of hydrogen-bond acceptors (Lipinski definition) is 6. The van der Waals surface area contributed by atoms with E-state index in [0.29, 0.717) is 29.8 Å². The largest absolute Gasteiger partial charge is 0.465 e. The number of carbonyl (C=O) groups is 1. The van der Waals surface area contributed by atoms with Crippen LogP contribution in [0.1, 0.15) is 35.0 Å². The molecule has 1 aromatic carbocycles. The topological polar surface area (TPSA) is 103 Å². The minimum absolute atomic E-state index is 0.0239. The molecule has 1 aliphatic heterocycles. The van der Waals surface area contributed by atoms with Crippen molar-refractivity contribution < 1.29 is 18.4 Å². The van der Waals surface area contributed by atoms with Crippen LogP contribution in [0, 0.1) is 12.7 Å². The third-order valence-corrected chi connectivity index (χ3v) is 3.96. The molecule has 0 aliphatic carbocycles. The van der Waals surface area contributed by atoms with Crippen LogP contribution in [-0.4, -0.2) is 23.7 Å². The maximum absolute atomic E-state index is 14.3. The highest BCUT2D eigenvalue weighted by Gasteiger charge is 2.33. The van der Waals surface area contributed by atoms with E-state index in [0.717, 1.165) is 0 Å². The molecule has 2 heterocycles. The van der Waals surface area contributed by atoms with Crippen LogP contribution >= 0.6 is 0 Å². The van der Waals surface area contributed by atoms with Crippen molar-refractivity contribution in [3.8, 4) is 0 Å². The van der Waals surface area contributed by atoms with Gasteiger partial charge in [-0.15, -0.1) is 0 Å². The normalized spacial score (nSPS) is 20.2. The predicted octanol–water partition coefficient (Wildman–Crippen LogP) is 2.32. The number of amidine groups is 1. The lowest BCUT2D eigenvalue weighted by atomic mass is 9.88. The molecule has 8 heteroatoms. The summed E-state index contributed by atoms with van der Waals surface area (Å²) in [6, 6.07) is 4.33. The number of carbonyl (C=O) groups excluding carboxylic acids is 1. The van der Waals surface area contributed by atoms with Crippen molar-refractivity contribution >= 4 is 17.6 Å². The number of nitrogens with one attached hydrogen (secondary N) is 1. The SMILES string of the molecule is Cc1conc1C(=O)Nc1ccc(F)c(C2(C)CCOC(N)=N2)c1. The Bertz CT molecular complexity index is 817. The van der Waals surface area contributed by atoms with Gasteiger partial charge in [0.05, 0.1) is 12.1 Å². The summed E-state index contributed by atoms with van der Waals surface area (Å²) < 4.78 is 24.2. The van der Waals surface area contributed by atoms with Gasteiger partial charge in [-0.3, -0.25) is 4.79 Å². The van der Waals surface area contributed by atoms with E-state index in [2.05, 4.69) is 15.5 Å². The van der Waals surface area contributed by atoms with Gasteiger partial charge in [-0.25, -0.2) is 9.38 Å². The second kappa shape index (κ2) is 5.95. The molecule has 0 saturated heterocycles. The fourth-order valence-corrected chi connectivity index (χ4v) is 2.59. The Labute approximate surface area is 137 Å². The van der Waals surface area contributed by atoms with Crippen molar-refractivity contribution in [1.29, 1.82) is 0 Å². The number of amides is 1. The van der Waals surface area contributed by atoms with Crippen LogP contribution in [-0.2, 0) is 10.3 Å². The number of halogens is 1. The number of aryl methyl sites for hydroxylation is 1. The van der Waals surface area contributed by atoms with Crippen LogP contribution in [0.3, 0.4) is 0 Å². The van der Waals surface area contributed by atoms with Crippen LogP contribution in [0.15, 0.2) is 34.0 Å². The van der Waals surface area contributed by atoms with Gasteiger partial charge in [-0.05, 0) is 32.0 Å². The fraction of sp³-hybridized carbons (Fsp3) is 0.312. The zero-order valence-electron chi connectivity index (χ0n) is 13.3. The number of benzene rings is 1. The minimum atomic E-state index is -0.850. The van der Waals surface area contributed by atoms with Gasteiger partial charge in [0, 0.05) is 23.2 Å². The molecule has 126 valence electrons. The van der Waals surface area contributed by atoms with Crippen molar-refractivity contribution in [2.75, 3.05) is 11.9 Å². The highest BCUT2D eigenvalue weighted by atomic mass is 19.1. The van der Waals surface area contributed by atoms with Crippen LogP contribution in [0.25, 0.3) is 0 Å². The number of hydrogen-bond donors (Lipinski definition) is 2. The zero-order chi connectivity index (χ0) is 17.3. The fourth-order valence-electron chi connectivity index (χ4n) is 2.59. The highest BCUT2D eigenvalue weighted by Crippen LogP contribution is 2.35. The van der Waals surface area contributed by atoms with Gasteiger partial charge in [0.2, 0.25) is 0 Å². The lowest BCUT2D eigenvalue weighted by molar-refractivity contribution is 0.101. The van der Waals surface area contributed by atoms with Crippen LogP contribution in [0.4, 0.5) is 10.1 Å². The molecular formula is C16H17FN4O3. The van der Waals surface area contributed by atoms with E-state index in [1.807, 2.05) is 0 Å². The molecule has 3 rings (SSSR count). The Hall–Kier alpha value is -2.90. The molecule has 24 heavy (non-hydrogen) atoms. The minimum Gasteiger partial charge on any atom is -0.465 e. The highest BCUT2D eigenvalue weighted by molar-refractivity contribution is 6.03. The summed E-state index contributed by atoms with van der Waals surface area (Å²) in [5, 5.41) is 6.33. The van der Waals surface area contributed by atoms with Crippen molar-refractivity contribution in [3.63, 3.8) is 0 Å². The second-order valence-corrected chi connectivity index (χ2v) is 5.82. The third kappa shape index (κ3) is 2.94. The van der Waals surface area contributed by atoms with Gasteiger partial charge in [0.15, 0.2) is 5.69 Å². The number of rotatable bonds is 3. The van der Waals surface area contributed by atoms with Gasteiger partial charge >= 0.3 is 0 Å². The number of ether oxygens (including phenoxy) is 1. The zero-order valence-corrected chi connectivity index (χ0v) is 13.3. The molecule has 0 fully saturated rings. The monoisotopic (exact) mass is 332 g/mol. The summed E-state index contributed by atoms with van der Waals surface area (Å²) in [6.45, 7) is 3.83. The molecule has 1 atom stereocenters. The van der Waals surface area contributed by atoms with Crippen molar-refractivity contribution in [2.45, 2.75) is 25.8 Å². The van der Waals surface area contributed by atoms with E-state index in [9.17, 15) is 9.18 Å². The molecule has 0 saturated carbocycles. The first-order valence-electron chi connectivity index (χ1n) is 7.39. The summed E-state index contributed by atoms with van der Waals surface area (Å²) >= 11 is 0. The molecule has 0 bridgehead atoms. The molecule has 3 N–H and O–H groups in total. The maximum Gasteiger partial charge on any atom is 0.282 e. The van der Waals surface area contributed by atoms with E-state index in [1.54, 1.807) is 19.9 Å². The van der Waals surface area contributed by atoms with Gasteiger partial charge in [0.25, 0.3) is 11.9 Å². The molecule has 7 nitrogen and oxygen atoms in total. The van der Waals surface area contributed by atoms with Gasteiger partial charge in [-0.1, -0.05) is 5.16 Å². The smallest absolute Gasteiger partial charge is 0.282 e. The average Bonchev–Trinajstić information content (AvgIpc) is 2.95. The summed E-state index contributed by atoms with van der Waals surface area (Å²) in [5.74, 6) is -0.856. The lowest BCUT2D eigenvalue weighted by Crippen LogP contribution is -2.34. The lowest BCUT2D eigenvalue weighted by Gasteiger charge is -2.30. The van der Waals surface area contributed by atoms with Crippen LogP contribution in [0.2, 0.25) is 0 Å². The summed E-state index contributed by atoms with van der Waals surface area (Å²) in [7, 11) is 0. The summed E-state index contributed by atoms with van der Waals surface area (Å²) in [6.07, 6.45) is 1.86. The van der Waals surface area contributed by atoms with E-state index >= 15 is 0 Å². The van der Waals surface area contributed by atoms with Gasteiger partial charge in [0.1, 0.15) is 12.1 Å². The molecule has 0 spiro atoms. The average molecular weight is 332 g/mol. The number of aromatic nitrogens is 1. The number of nitrogens with zero attached hydrogens (tertiary/aromatic N) is 2. The van der Waals surface area contributed by atoms with Crippen molar-refractivity contribution in [1.82, 2.24) is 5.16 Å². The number of anilines is 1. The second-order valence-electron chi connectivity index (χ2n) is 5.82. The predicted molar refractivity (Wildman–Crippen MR) is 85.1 cm³/mol. The standard InChI is InChI=1S/C16H17FN4O3/c1-9-8-24-21-13(9)14(22)19-10-3-4-12(17)11(7-10)16(2)5-6-23-15(18)20-16/h3-4,7-8H,5-6H2,1-2H3,(H2,18,20)(H,19,22). The molecule has 1 aromatic heterocycles. The Morgan fingerprint density at radius 3 is 2.92 bits per heavy atom. The van der Waals surface area contributed by atoms with Gasteiger partial charge < -0.3 is 20.3 Å². The van der Waals surface area contributed by atoms with Crippen LogP contribution in [0.5, 0.6) is 0 Å². The number of nitrogens with two attached hydrogens (primary N) is 1. The van der Waals surface area contributed by atoms with Crippen molar-refractivity contribution in [2.24, 2.45) is 10.7 Å². The van der Waals surface area contributed by atoms with E-state index in [-0.39, 0.29) is 11.7 Å². The Kier molecular flexibility index (Phi) is 3.96. The molecule has 2 aromatic rings. The quantitative estimate of drug-likeness (QED) is 0.898.